The van der Waals surface area contributed by atoms with Gasteiger partial charge in [-0.1, -0.05) is 12.1 Å². The molecule has 0 heterocycles. The number of nitrogens with one attached hydrogen (secondary N) is 1. The van der Waals surface area contributed by atoms with Crippen LogP contribution in [0.25, 0.3) is 0 Å². The number of hydrogen-bond donors (Lipinski definition) is 1. The van der Waals surface area contributed by atoms with E-state index in [1.165, 1.54) is 24.1 Å². The van der Waals surface area contributed by atoms with Crippen LogP contribution in [0, 0.1) is 5.82 Å². The van der Waals surface area contributed by atoms with Gasteiger partial charge < -0.3 is 10.2 Å². The maximum absolute atomic E-state index is 12.9. The number of rotatable bonds is 7. The predicted molar refractivity (Wildman–Crippen MR) is 103 cm³/mol. The lowest BCUT2D eigenvalue weighted by atomic mass is 10.2. The molecule has 0 aliphatic heterocycles. The number of nitrogens with zero attached hydrogens (tertiary/aromatic N) is 3. The Kier molecular flexibility index (Phi) is 11.0. The number of halogens is 5. The zero-order chi connectivity index (χ0) is 18.2. The van der Waals surface area contributed by atoms with Gasteiger partial charge in [0.15, 0.2) is 5.96 Å². The summed E-state index contributed by atoms with van der Waals surface area (Å²) < 4.78 is 49.8. The first-order chi connectivity index (χ1) is 11.2. The van der Waals surface area contributed by atoms with Crippen molar-refractivity contribution in [3.05, 3.63) is 35.6 Å². The summed E-state index contributed by atoms with van der Waals surface area (Å²) in [6.45, 7) is 2.58. The van der Waals surface area contributed by atoms with Gasteiger partial charge in [0.1, 0.15) is 5.82 Å². The largest absolute Gasteiger partial charge is 0.401 e. The van der Waals surface area contributed by atoms with Crippen LogP contribution < -0.4 is 5.32 Å². The molecule has 0 aliphatic carbocycles. The highest BCUT2D eigenvalue weighted by molar-refractivity contribution is 14.0. The van der Waals surface area contributed by atoms with Gasteiger partial charge in [0.05, 0.1) is 13.1 Å². The number of guanidine groups is 1. The number of aliphatic imine (C=N–C) groups is 1. The van der Waals surface area contributed by atoms with E-state index >= 15 is 0 Å². The molecule has 0 saturated heterocycles. The minimum atomic E-state index is -4.21. The molecule has 9 heteroatoms. The first-order valence-corrected chi connectivity index (χ1v) is 7.70. The Bertz CT molecular complexity index is 520. The summed E-state index contributed by atoms with van der Waals surface area (Å²) in [5.74, 6) is 0.303. The summed E-state index contributed by atoms with van der Waals surface area (Å²) in [4.78, 5) is 7.38. The summed E-state index contributed by atoms with van der Waals surface area (Å²) in [6, 6.07) is 6.15. The molecule has 0 radical (unpaired) electrons. The zero-order valence-corrected chi connectivity index (χ0v) is 16.9. The quantitative estimate of drug-likeness (QED) is 0.284. The molecular formula is C16H25F4IN4. The van der Waals surface area contributed by atoms with Crippen LogP contribution in [-0.2, 0) is 6.54 Å². The normalized spacial score (nSPS) is 12.1. The maximum Gasteiger partial charge on any atom is 0.401 e. The third-order valence-corrected chi connectivity index (χ3v) is 3.22. The van der Waals surface area contributed by atoms with Crippen LogP contribution in [0.15, 0.2) is 29.3 Å². The van der Waals surface area contributed by atoms with Crippen molar-refractivity contribution in [2.75, 3.05) is 40.3 Å². The van der Waals surface area contributed by atoms with Crippen molar-refractivity contribution in [1.29, 1.82) is 0 Å². The minimum absolute atomic E-state index is 0. The van der Waals surface area contributed by atoms with Crippen molar-refractivity contribution >= 4 is 29.9 Å². The molecule has 0 aliphatic rings. The Morgan fingerprint density at radius 2 is 1.76 bits per heavy atom. The highest BCUT2D eigenvalue weighted by Gasteiger charge is 2.28. The molecule has 0 atom stereocenters. The second kappa shape index (κ2) is 11.5. The molecule has 25 heavy (non-hydrogen) atoms. The van der Waals surface area contributed by atoms with Crippen molar-refractivity contribution in [1.82, 2.24) is 15.1 Å². The van der Waals surface area contributed by atoms with E-state index in [1.807, 2.05) is 18.9 Å². The maximum atomic E-state index is 12.9. The number of alkyl halides is 3. The van der Waals surface area contributed by atoms with E-state index in [4.69, 9.17) is 0 Å². The van der Waals surface area contributed by atoms with E-state index in [1.54, 1.807) is 12.1 Å². The third-order valence-electron chi connectivity index (χ3n) is 3.22. The van der Waals surface area contributed by atoms with Gasteiger partial charge in [0.2, 0.25) is 0 Å². The van der Waals surface area contributed by atoms with E-state index in [0.29, 0.717) is 19.0 Å². The predicted octanol–water partition coefficient (Wildman–Crippen LogP) is 3.34. The molecule has 1 N–H and O–H groups in total. The summed E-state index contributed by atoms with van der Waals surface area (Å²) >= 11 is 0. The van der Waals surface area contributed by atoms with Gasteiger partial charge in [-0.05, 0) is 31.7 Å². The summed E-state index contributed by atoms with van der Waals surface area (Å²) in [5.41, 5.74) is 0.915. The molecule has 144 valence electrons. The van der Waals surface area contributed by atoms with Crippen LogP contribution in [0.3, 0.4) is 0 Å². The second-order valence-corrected chi connectivity index (χ2v) is 5.57. The highest BCUT2D eigenvalue weighted by atomic mass is 127. The molecule has 0 fully saturated rings. The van der Waals surface area contributed by atoms with Gasteiger partial charge in [0, 0.05) is 26.7 Å². The summed E-state index contributed by atoms with van der Waals surface area (Å²) in [6.07, 6.45) is -4.21. The molecule has 1 rings (SSSR count). The number of likely N-dealkylation sites (N-methyl/N-ethyl adjacent to an activating group) is 1. The average molecular weight is 476 g/mol. The smallest absolute Gasteiger partial charge is 0.357 e. The molecule has 4 nitrogen and oxygen atoms in total. The Morgan fingerprint density at radius 1 is 1.16 bits per heavy atom. The molecule has 0 bridgehead atoms. The number of hydrogen-bond acceptors (Lipinski definition) is 2. The fourth-order valence-corrected chi connectivity index (χ4v) is 2.12. The van der Waals surface area contributed by atoms with Crippen LogP contribution in [0.5, 0.6) is 0 Å². The van der Waals surface area contributed by atoms with Gasteiger partial charge >= 0.3 is 6.18 Å². The van der Waals surface area contributed by atoms with Crippen LogP contribution in [0.4, 0.5) is 17.6 Å². The highest BCUT2D eigenvalue weighted by Crippen LogP contribution is 2.15. The third kappa shape index (κ3) is 10.5. The van der Waals surface area contributed by atoms with Crippen molar-refractivity contribution in [2.45, 2.75) is 19.6 Å². The Labute approximate surface area is 163 Å². The molecule has 0 spiro atoms. The molecule has 1 aromatic rings. The first-order valence-electron chi connectivity index (χ1n) is 7.70. The second-order valence-electron chi connectivity index (χ2n) is 5.57. The lowest BCUT2D eigenvalue weighted by molar-refractivity contribution is -0.142. The first kappa shape index (κ1) is 23.9. The van der Waals surface area contributed by atoms with Crippen molar-refractivity contribution in [3.63, 3.8) is 0 Å². The molecule has 0 aromatic heterocycles. The van der Waals surface area contributed by atoms with Crippen molar-refractivity contribution in [3.8, 4) is 0 Å². The molecule has 0 amide bonds. The van der Waals surface area contributed by atoms with Gasteiger partial charge in [-0.2, -0.15) is 13.2 Å². The molecule has 0 saturated carbocycles. The fraction of sp³-hybridized carbons (Fsp3) is 0.562. The van der Waals surface area contributed by atoms with Crippen LogP contribution >= 0.6 is 24.0 Å². The lowest BCUT2D eigenvalue weighted by Crippen LogP contribution is -2.39. The average Bonchev–Trinajstić information content (AvgIpc) is 2.47. The molecular weight excluding hydrogens is 451 g/mol. The topological polar surface area (TPSA) is 30.9 Å². The summed E-state index contributed by atoms with van der Waals surface area (Å²) in [7, 11) is 3.24. The molecule has 1 aromatic carbocycles. The SMILES string of the molecule is CCNC(=NCCN(C)CC(F)(F)F)N(C)Cc1ccc(F)cc1.I. The van der Waals surface area contributed by atoms with E-state index in [-0.39, 0.29) is 42.9 Å². The van der Waals surface area contributed by atoms with E-state index in [2.05, 4.69) is 10.3 Å². The Morgan fingerprint density at radius 3 is 2.28 bits per heavy atom. The summed E-state index contributed by atoms with van der Waals surface area (Å²) in [5, 5.41) is 3.10. The lowest BCUT2D eigenvalue weighted by Gasteiger charge is -2.23. The number of benzene rings is 1. The molecule has 0 unspecified atom stereocenters. The zero-order valence-electron chi connectivity index (χ0n) is 14.6. The van der Waals surface area contributed by atoms with Crippen molar-refractivity contribution < 1.29 is 17.6 Å². The van der Waals surface area contributed by atoms with Gasteiger partial charge in [-0.3, -0.25) is 9.89 Å². The van der Waals surface area contributed by atoms with Crippen LogP contribution in [0.2, 0.25) is 0 Å². The van der Waals surface area contributed by atoms with Crippen molar-refractivity contribution in [2.24, 2.45) is 4.99 Å². The van der Waals surface area contributed by atoms with Gasteiger partial charge in [0.25, 0.3) is 0 Å². The Balaban J connectivity index is 0.00000576. The standard InChI is InChI=1S/C16H24F4N4.HI/c1-4-21-15(22-9-10-23(2)12-16(18,19)20)24(3)11-13-5-7-14(17)8-6-13;/h5-8H,4,9-12H2,1-3H3,(H,21,22);1H. The van der Waals surface area contributed by atoms with Gasteiger partial charge in [-0.15, -0.1) is 24.0 Å². The fourth-order valence-electron chi connectivity index (χ4n) is 2.12. The van der Waals surface area contributed by atoms with Gasteiger partial charge in [-0.25, -0.2) is 4.39 Å². The van der Waals surface area contributed by atoms with E-state index < -0.39 is 12.7 Å². The van der Waals surface area contributed by atoms with E-state index in [0.717, 1.165) is 5.56 Å². The van der Waals surface area contributed by atoms with Crippen LogP contribution in [-0.4, -0.2) is 62.2 Å². The Hall–Kier alpha value is -1.10. The minimum Gasteiger partial charge on any atom is -0.357 e. The van der Waals surface area contributed by atoms with Crippen LogP contribution in [0.1, 0.15) is 12.5 Å². The monoisotopic (exact) mass is 476 g/mol. The van der Waals surface area contributed by atoms with E-state index in [9.17, 15) is 17.6 Å².